The van der Waals surface area contributed by atoms with Crippen LogP contribution in [0.2, 0.25) is 10.0 Å². The largest absolute Gasteiger partial charge is 0.486 e. The SMILES string of the molecule is COCCCN1C(=O)S/C(=C/c2cc(Cl)c(OCc3ccc(C(=O)O)cc3)c(Cl)c2)C1=O. The summed E-state index contributed by atoms with van der Waals surface area (Å²) in [4.78, 5) is 37.1. The molecule has 0 radical (unpaired) electrons. The molecule has 1 heterocycles. The van der Waals surface area contributed by atoms with E-state index in [2.05, 4.69) is 0 Å². The topological polar surface area (TPSA) is 93.1 Å². The first kappa shape index (κ1) is 24.1. The molecule has 1 fully saturated rings. The lowest BCUT2D eigenvalue weighted by atomic mass is 10.1. The Hall–Kier alpha value is -2.52. The maximum atomic E-state index is 12.5. The lowest BCUT2D eigenvalue weighted by molar-refractivity contribution is -0.122. The van der Waals surface area contributed by atoms with Gasteiger partial charge in [-0.1, -0.05) is 35.3 Å². The van der Waals surface area contributed by atoms with Crippen LogP contribution in [0.5, 0.6) is 5.75 Å². The van der Waals surface area contributed by atoms with E-state index >= 15 is 0 Å². The second kappa shape index (κ2) is 10.9. The molecule has 2 amide bonds. The Morgan fingerprint density at radius 2 is 1.81 bits per heavy atom. The van der Waals surface area contributed by atoms with Gasteiger partial charge in [0.25, 0.3) is 11.1 Å². The van der Waals surface area contributed by atoms with Gasteiger partial charge in [0.1, 0.15) is 6.61 Å². The first-order chi connectivity index (χ1) is 15.3. The molecule has 0 spiro atoms. The molecule has 3 rings (SSSR count). The number of carboxylic acid groups (broad SMARTS) is 1. The smallest absolute Gasteiger partial charge is 0.335 e. The van der Waals surface area contributed by atoms with E-state index in [4.69, 9.17) is 37.8 Å². The number of rotatable bonds is 9. The highest BCUT2D eigenvalue weighted by molar-refractivity contribution is 8.18. The van der Waals surface area contributed by atoms with E-state index in [0.717, 1.165) is 17.3 Å². The van der Waals surface area contributed by atoms with E-state index in [0.29, 0.717) is 18.6 Å². The molecule has 10 heteroatoms. The number of ether oxygens (including phenoxy) is 2. The summed E-state index contributed by atoms with van der Waals surface area (Å²) in [5.41, 5.74) is 1.48. The summed E-state index contributed by atoms with van der Waals surface area (Å²) in [5.74, 6) is -1.11. The first-order valence-electron chi connectivity index (χ1n) is 9.48. The molecule has 1 N–H and O–H groups in total. The van der Waals surface area contributed by atoms with E-state index < -0.39 is 5.97 Å². The Bertz CT molecular complexity index is 1050. The van der Waals surface area contributed by atoms with Gasteiger partial charge in [-0.05, 0) is 59.7 Å². The summed E-state index contributed by atoms with van der Waals surface area (Å²) in [6.07, 6.45) is 2.12. The number of carbonyl (C=O) groups excluding carboxylic acids is 2. The summed E-state index contributed by atoms with van der Waals surface area (Å²) in [5, 5.41) is 9.11. The number of aromatic carboxylic acids is 1. The van der Waals surface area contributed by atoms with Crippen LogP contribution in [0.3, 0.4) is 0 Å². The fraction of sp³-hybridized carbons (Fsp3) is 0.227. The van der Waals surface area contributed by atoms with Crippen LogP contribution in [0.25, 0.3) is 6.08 Å². The van der Waals surface area contributed by atoms with Crippen molar-refractivity contribution in [3.8, 4) is 5.75 Å². The van der Waals surface area contributed by atoms with E-state index in [9.17, 15) is 14.4 Å². The third-order valence-electron chi connectivity index (χ3n) is 4.51. The molecule has 0 saturated carbocycles. The van der Waals surface area contributed by atoms with Crippen LogP contribution in [-0.2, 0) is 16.1 Å². The number of thioether (sulfide) groups is 1. The highest BCUT2D eigenvalue weighted by Gasteiger charge is 2.34. The number of hydrogen-bond acceptors (Lipinski definition) is 6. The number of halogens is 2. The zero-order valence-electron chi connectivity index (χ0n) is 17.0. The second-order valence-corrected chi connectivity index (χ2v) is 8.59. The molecule has 1 aliphatic heterocycles. The van der Waals surface area contributed by atoms with E-state index in [1.54, 1.807) is 37.5 Å². The maximum absolute atomic E-state index is 12.5. The molecule has 0 atom stereocenters. The average Bonchev–Trinajstić information content (AvgIpc) is 3.01. The third kappa shape index (κ3) is 5.83. The summed E-state index contributed by atoms with van der Waals surface area (Å²) in [7, 11) is 1.56. The van der Waals surface area contributed by atoms with Crippen LogP contribution in [-0.4, -0.2) is 47.4 Å². The first-order valence-corrected chi connectivity index (χ1v) is 11.1. The van der Waals surface area contributed by atoms with Crippen molar-refractivity contribution in [2.24, 2.45) is 0 Å². The molecule has 1 saturated heterocycles. The summed E-state index contributed by atoms with van der Waals surface area (Å²) < 4.78 is 10.7. The Morgan fingerprint density at radius 1 is 1.16 bits per heavy atom. The summed E-state index contributed by atoms with van der Waals surface area (Å²) in [6.45, 7) is 0.883. The van der Waals surface area contributed by atoms with E-state index in [1.165, 1.54) is 17.0 Å². The molecule has 0 bridgehead atoms. The quantitative estimate of drug-likeness (QED) is 0.370. The van der Waals surface area contributed by atoms with E-state index in [-0.39, 0.29) is 50.6 Å². The number of hydrogen-bond donors (Lipinski definition) is 1. The van der Waals surface area contributed by atoms with Crippen LogP contribution >= 0.6 is 35.0 Å². The molecule has 7 nitrogen and oxygen atoms in total. The van der Waals surface area contributed by atoms with Crippen molar-refractivity contribution >= 4 is 58.2 Å². The normalized spacial score (nSPS) is 15.0. The standard InChI is InChI=1S/C22H19Cl2NO6S/c1-30-8-2-7-25-20(26)18(32-22(25)29)11-14-9-16(23)19(17(24)10-14)31-12-13-3-5-15(6-4-13)21(27)28/h3-6,9-11H,2,7-8,12H2,1H3,(H,27,28)/b18-11+. The highest BCUT2D eigenvalue weighted by atomic mass is 35.5. The van der Waals surface area contributed by atoms with Gasteiger partial charge in [-0.15, -0.1) is 0 Å². The van der Waals surface area contributed by atoms with Gasteiger partial charge in [-0.25, -0.2) is 4.79 Å². The number of imide groups is 1. The van der Waals surface area contributed by atoms with Crippen molar-refractivity contribution in [1.29, 1.82) is 0 Å². The van der Waals surface area contributed by atoms with Gasteiger partial charge in [0, 0.05) is 20.3 Å². The number of benzene rings is 2. The van der Waals surface area contributed by atoms with Gasteiger partial charge in [0.05, 0.1) is 20.5 Å². The average molecular weight is 496 g/mol. The molecule has 32 heavy (non-hydrogen) atoms. The lowest BCUT2D eigenvalue weighted by Gasteiger charge is -2.12. The molecule has 0 unspecified atom stereocenters. The predicted molar refractivity (Wildman–Crippen MR) is 123 cm³/mol. The van der Waals surface area contributed by atoms with Crippen LogP contribution in [0.1, 0.15) is 27.9 Å². The maximum Gasteiger partial charge on any atom is 0.335 e. The molecule has 0 aliphatic carbocycles. The lowest BCUT2D eigenvalue weighted by Crippen LogP contribution is -2.29. The summed E-state index contributed by atoms with van der Waals surface area (Å²) >= 11 is 13.5. The highest BCUT2D eigenvalue weighted by Crippen LogP contribution is 2.37. The zero-order chi connectivity index (χ0) is 23.3. The second-order valence-electron chi connectivity index (χ2n) is 6.78. The van der Waals surface area contributed by atoms with Crippen molar-refractivity contribution in [2.45, 2.75) is 13.0 Å². The van der Waals surface area contributed by atoms with Crippen LogP contribution in [0, 0.1) is 0 Å². The Morgan fingerprint density at radius 3 is 2.41 bits per heavy atom. The molecule has 2 aromatic rings. The Kier molecular flexibility index (Phi) is 8.20. The molecular formula is C22H19Cl2NO6S. The van der Waals surface area contributed by atoms with Crippen LogP contribution in [0.4, 0.5) is 4.79 Å². The van der Waals surface area contributed by atoms with Gasteiger partial charge >= 0.3 is 5.97 Å². The number of amides is 2. The number of nitrogens with zero attached hydrogens (tertiary/aromatic N) is 1. The molecular weight excluding hydrogens is 477 g/mol. The van der Waals surface area contributed by atoms with Crippen molar-refractivity contribution in [1.82, 2.24) is 4.90 Å². The summed E-state index contributed by atoms with van der Waals surface area (Å²) in [6, 6.07) is 9.43. The Balaban J connectivity index is 1.70. The zero-order valence-corrected chi connectivity index (χ0v) is 19.3. The molecule has 1 aliphatic rings. The monoisotopic (exact) mass is 495 g/mol. The van der Waals surface area contributed by atoms with Gasteiger partial charge in [-0.2, -0.15) is 0 Å². The van der Waals surface area contributed by atoms with Crippen molar-refractivity contribution < 1.29 is 29.0 Å². The number of methoxy groups -OCH3 is 1. The fourth-order valence-electron chi connectivity index (χ4n) is 2.91. The minimum atomic E-state index is -1.01. The number of carbonyl (C=O) groups is 3. The molecule has 2 aromatic carbocycles. The van der Waals surface area contributed by atoms with E-state index in [1.807, 2.05) is 0 Å². The van der Waals surface area contributed by atoms with Crippen LogP contribution < -0.4 is 4.74 Å². The minimum Gasteiger partial charge on any atom is -0.486 e. The van der Waals surface area contributed by atoms with Crippen molar-refractivity contribution in [2.75, 3.05) is 20.3 Å². The van der Waals surface area contributed by atoms with Crippen molar-refractivity contribution in [3.63, 3.8) is 0 Å². The van der Waals surface area contributed by atoms with Gasteiger partial charge in [-0.3, -0.25) is 14.5 Å². The van der Waals surface area contributed by atoms with Gasteiger partial charge in [0.2, 0.25) is 0 Å². The number of carboxylic acids is 1. The molecule has 168 valence electrons. The predicted octanol–water partition coefficient (Wildman–Crippen LogP) is 5.34. The van der Waals surface area contributed by atoms with Gasteiger partial charge in [0.15, 0.2) is 5.75 Å². The van der Waals surface area contributed by atoms with Gasteiger partial charge < -0.3 is 14.6 Å². The third-order valence-corrected chi connectivity index (χ3v) is 5.98. The Labute approximate surface area is 198 Å². The van der Waals surface area contributed by atoms with Crippen molar-refractivity contribution in [3.05, 3.63) is 68.0 Å². The molecule has 0 aromatic heterocycles. The van der Waals surface area contributed by atoms with Crippen LogP contribution in [0.15, 0.2) is 41.3 Å². The minimum absolute atomic E-state index is 0.138. The fourth-order valence-corrected chi connectivity index (χ4v) is 4.39.